The molecular weight excluding hydrogens is 390 g/mol. The van der Waals surface area contributed by atoms with Crippen molar-refractivity contribution in [3.05, 3.63) is 65.7 Å². The van der Waals surface area contributed by atoms with Gasteiger partial charge in [0.1, 0.15) is 11.5 Å². The molecular formula is C26H31NO4. The van der Waals surface area contributed by atoms with Gasteiger partial charge in [-0.3, -0.25) is 4.79 Å². The fraction of sp³-hybridized carbons (Fsp3) is 0.423. The van der Waals surface area contributed by atoms with Crippen LogP contribution in [0.5, 0.6) is 11.5 Å². The van der Waals surface area contributed by atoms with Crippen molar-refractivity contribution in [2.45, 2.75) is 43.7 Å². The summed E-state index contributed by atoms with van der Waals surface area (Å²) in [5, 5.41) is 11.5. The first-order valence-corrected chi connectivity index (χ1v) is 11.0. The maximum absolute atomic E-state index is 13.4. The van der Waals surface area contributed by atoms with Crippen LogP contribution in [-0.2, 0) is 4.79 Å². The van der Waals surface area contributed by atoms with Gasteiger partial charge in [-0.25, -0.2) is 0 Å². The fourth-order valence-electron chi connectivity index (χ4n) is 5.21. The second kappa shape index (κ2) is 9.15. The van der Waals surface area contributed by atoms with Gasteiger partial charge in [-0.2, -0.15) is 0 Å². The average Bonchev–Trinajstić information content (AvgIpc) is 2.81. The zero-order valence-electron chi connectivity index (χ0n) is 18.3. The van der Waals surface area contributed by atoms with Crippen molar-refractivity contribution in [1.29, 1.82) is 0 Å². The number of amides is 1. The van der Waals surface area contributed by atoms with Gasteiger partial charge in [0.25, 0.3) is 0 Å². The second-order valence-corrected chi connectivity index (χ2v) is 8.53. The zero-order valence-corrected chi connectivity index (χ0v) is 18.3. The van der Waals surface area contributed by atoms with Crippen LogP contribution in [0, 0.1) is 5.92 Å². The van der Waals surface area contributed by atoms with Crippen molar-refractivity contribution < 1.29 is 19.4 Å². The van der Waals surface area contributed by atoms with Gasteiger partial charge in [0, 0.05) is 24.1 Å². The Morgan fingerprint density at radius 2 is 1.90 bits per heavy atom. The smallest absolute Gasteiger partial charge is 0.247 e. The van der Waals surface area contributed by atoms with Crippen LogP contribution in [0.15, 0.2) is 54.6 Å². The largest absolute Gasteiger partial charge is 0.497 e. The average molecular weight is 422 g/mol. The summed E-state index contributed by atoms with van der Waals surface area (Å²) >= 11 is 0. The number of carbonyl (C=O) groups excluding carboxylic acids is 1. The number of nitrogens with zero attached hydrogens (tertiary/aromatic N) is 1. The third kappa shape index (κ3) is 4.33. The van der Waals surface area contributed by atoms with E-state index in [1.54, 1.807) is 20.3 Å². The molecule has 2 aliphatic rings. The van der Waals surface area contributed by atoms with Crippen LogP contribution in [0.2, 0.25) is 0 Å². The predicted octanol–water partition coefficient (Wildman–Crippen LogP) is 4.61. The molecule has 2 fully saturated rings. The lowest BCUT2D eigenvalue weighted by Gasteiger charge is -2.52. The lowest BCUT2D eigenvalue weighted by atomic mass is 9.66. The van der Waals surface area contributed by atoms with Crippen molar-refractivity contribution in [2.24, 2.45) is 5.92 Å². The summed E-state index contributed by atoms with van der Waals surface area (Å²) in [5.41, 5.74) is 1.13. The zero-order chi connectivity index (χ0) is 21.8. The number of ether oxygens (including phenoxy) is 2. The van der Waals surface area contributed by atoms with E-state index in [1.165, 1.54) is 0 Å². The summed E-state index contributed by atoms with van der Waals surface area (Å²) in [5.74, 6) is 1.34. The summed E-state index contributed by atoms with van der Waals surface area (Å²) < 4.78 is 11.1. The molecule has 1 heterocycles. The molecule has 4 rings (SSSR count). The Bertz CT molecular complexity index is 942. The quantitative estimate of drug-likeness (QED) is 0.716. The number of methoxy groups -OCH3 is 2. The van der Waals surface area contributed by atoms with Crippen LogP contribution in [0.25, 0.3) is 6.08 Å². The van der Waals surface area contributed by atoms with Gasteiger partial charge in [-0.1, -0.05) is 43.2 Å². The highest BCUT2D eigenvalue weighted by atomic mass is 16.5. The van der Waals surface area contributed by atoms with Crippen LogP contribution in [0.4, 0.5) is 0 Å². The van der Waals surface area contributed by atoms with Gasteiger partial charge in [0.2, 0.25) is 5.91 Å². The van der Waals surface area contributed by atoms with Gasteiger partial charge < -0.3 is 19.5 Å². The van der Waals surface area contributed by atoms with Crippen molar-refractivity contribution in [1.82, 2.24) is 4.90 Å². The first-order valence-electron chi connectivity index (χ1n) is 11.0. The summed E-state index contributed by atoms with van der Waals surface area (Å²) in [4.78, 5) is 15.3. The highest BCUT2D eigenvalue weighted by Crippen LogP contribution is 2.51. The van der Waals surface area contributed by atoms with E-state index in [0.29, 0.717) is 24.5 Å². The van der Waals surface area contributed by atoms with Gasteiger partial charge in [0.05, 0.1) is 25.9 Å². The predicted molar refractivity (Wildman–Crippen MR) is 121 cm³/mol. The Balaban J connectivity index is 1.73. The molecule has 5 heteroatoms. The van der Waals surface area contributed by atoms with Gasteiger partial charge in [0.15, 0.2) is 0 Å². The Morgan fingerprint density at radius 1 is 1.10 bits per heavy atom. The number of fused-ring (bicyclic) bond motifs is 1. The van der Waals surface area contributed by atoms with Crippen LogP contribution >= 0.6 is 0 Å². The standard InChI is InChI=1S/C26H31NO4/c1-30-20-12-13-23(31-2)21(18-20)25-22-10-6-7-15-26(22,29)16-17-27(25)24(28)14-11-19-8-4-3-5-9-19/h3-5,8-9,11-14,18,22,25,29H,6-7,10,15-17H2,1-2H3/b14-11+/t22-,25+,26+/m1/s1. The maximum Gasteiger partial charge on any atom is 0.247 e. The summed E-state index contributed by atoms with van der Waals surface area (Å²) in [6.45, 7) is 0.510. The minimum Gasteiger partial charge on any atom is -0.497 e. The third-order valence-electron chi connectivity index (χ3n) is 6.82. The van der Waals surface area contributed by atoms with E-state index in [0.717, 1.165) is 36.8 Å². The highest BCUT2D eigenvalue weighted by molar-refractivity contribution is 5.92. The van der Waals surface area contributed by atoms with Crippen LogP contribution < -0.4 is 9.47 Å². The first kappa shape index (κ1) is 21.4. The normalized spacial score (nSPS) is 25.8. The number of likely N-dealkylation sites (tertiary alicyclic amines) is 1. The molecule has 1 saturated heterocycles. The van der Waals surface area contributed by atoms with E-state index in [-0.39, 0.29) is 17.9 Å². The number of hydrogen-bond acceptors (Lipinski definition) is 4. The number of benzene rings is 2. The van der Waals surface area contributed by atoms with E-state index < -0.39 is 5.60 Å². The maximum atomic E-state index is 13.4. The van der Waals surface area contributed by atoms with E-state index >= 15 is 0 Å². The van der Waals surface area contributed by atoms with E-state index in [9.17, 15) is 9.90 Å². The Labute approximate surface area is 184 Å². The van der Waals surface area contributed by atoms with Gasteiger partial charge in [-0.15, -0.1) is 0 Å². The molecule has 1 aliphatic carbocycles. The number of hydrogen-bond donors (Lipinski definition) is 1. The molecule has 31 heavy (non-hydrogen) atoms. The third-order valence-corrected chi connectivity index (χ3v) is 6.82. The molecule has 1 aliphatic heterocycles. The number of carbonyl (C=O) groups is 1. The molecule has 2 aromatic carbocycles. The van der Waals surface area contributed by atoms with Crippen LogP contribution in [0.3, 0.4) is 0 Å². The van der Waals surface area contributed by atoms with Crippen molar-refractivity contribution in [3.63, 3.8) is 0 Å². The number of aliphatic hydroxyl groups is 1. The SMILES string of the molecule is COc1ccc(OC)c([C@H]2[C@H]3CCCC[C@]3(O)CCN2C(=O)/C=C/c2ccccc2)c1. The molecule has 2 aromatic rings. The molecule has 1 saturated carbocycles. The van der Waals surface area contributed by atoms with Crippen LogP contribution in [-0.4, -0.2) is 42.3 Å². The Morgan fingerprint density at radius 3 is 2.65 bits per heavy atom. The summed E-state index contributed by atoms with van der Waals surface area (Å²) in [7, 11) is 3.28. The molecule has 0 bridgehead atoms. The minimum atomic E-state index is -0.753. The monoisotopic (exact) mass is 421 g/mol. The molecule has 0 spiro atoms. The molecule has 0 aromatic heterocycles. The van der Waals surface area contributed by atoms with Crippen molar-refractivity contribution >= 4 is 12.0 Å². The van der Waals surface area contributed by atoms with Crippen molar-refractivity contribution in [2.75, 3.05) is 20.8 Å². The van der Waals surface area contributed by atoms with Crippen LogP contribution in [0.1, 0.15) is 49.3 Å². The Kier molecular flexibility index (Phi) is 6.33. The lowest BCUT2D eigenvalue weighted by Crippen LogP contribution is -2.56. The topological polar surface area (TPSA) is 59.0 Å². The molecule has 1 N–H and O–H groups in total. The molecule has 164 valence electrons. The molecule has 3 atom stereocenters. The number of piperidine rings is 1. The van der Waals surface area contributed by atoms with Crippen molar-refractivity contribution in [3.8, 4) is 11.5 Å². The lowest BCUT2D eigenvalue weighted by molar-refractivity contribution is -0.151. The first-order chi connectivity index (χ1) is 15.1. The molecule has 5 nitrogen and oxygen atoms in total. The molecule has 1 amide bonds. The minimum absolute atomic E-state index is 0.0370. The Hall–Kier alpha value is -2.79. The summed E-state index contributed by atoms with van der Waals surface area (Å²) in [6.07, 6.45) is 7.84. The number of rotatable bonds is 5. The highest BCUT2D eigenvalue weighted by Gasteiger charge is 2.50. The molecule has 0 unspecified atom stereocenters. The van der Waals surface area contributed by atoms with Gasteiger partial charge >= 0.3 is 0 Å². The second-order valence-electron chi connectivity index (χ2n) is 8.53. The van der Waals surface area contributed by atoms with Gasteiger partial charge in [-0.05, 0) is 49.1 Å². The van der Waals surface area contributed by atoms with E-state index in [4.69, 9.17) is 9.47 Å². The molecule has 0 radical (unpaired) electrons. The summed E-state index contributed by atoms with van der Waals surface area (Å²) in [6, 6.07) is 15.2. The van der Waals surface area contributed by atoms with E-state index in [1.807, 2.05) is 59.5 Å². The fourth-order valence-corrected chi connectivity index (χ4v) is 5.21. The van der Waals surface area contributed by atoms with E-state index in [2.05, 4.69) is 0 Å².